The van der Waals surface area contributed by atoms with E-state index in [0.29, 0.717) is 6.54 Å². The van der Waals surface area contributed by atoms with Gasteiger partial charge in [0, 0.05) is 10.0 Å². The van der Waals surface area contributed by atoms with E-state index in [1.807, 2.05) is 6.92 Å². The van der Waals surface area contributed by atoms with Gasteiger partial charge in [0.05, 0.1) is 12.2 Å². The van der Waals surface area contributed by atoms with E-state index in [4.69, 9.17) is 4.74 Å². The summed E-state index contributed by atoms with van der Waals surface area (Å²) in [5.74, 6) is 0.625. The summed E-state index contributed by atoms with van der Waals surface area (Å²) in [6, 6.07) is 8.87. The molecule has 4 heteroatoms. The lowest BCUT2D eigenvalue weighted by molar-refractivity contribution is 0.208. The fourth-order valence-electron chi connectivity index (χ4n) is 2.56. The molecule has 0 saturated carbocycles. The van der Waals surface area contributed by atoms with Crippen LogP contribution in [0.4, 0.5) is 10.1 Å². The van der Waals surface area contributed by atoms with Crippen LogP contribution in [0.5, 0.6) is 5.75 Å². The van der Waals surface area contributed by atoms with Gasteiger partial charge in [-0.25, -0.2) is 4.39 Å². The molecule has 0 spiro atoms. The van der Waals surface area contributed by atoms with Crippen molar-refractivity contribution in [2.45, 2.75) is 20.0 Å². The van der Waals surface area contributed by atoms with Crippen molar-refractivity contribution >= 4 is 21.6 Å². The molecule has 1 aliphatic heterocycles. The molecule has 0 saturated heterocycles. The van der Waals surface area contributed by atoms with Gasteiger partial charge in [-0.3, -0.25) is 0 Å². The highest BCUT2D eigenvalue weighted by Gasteiger charge is 2.24. The van der Waals surface area contributed by atoms with Crippen molar-refractivity contribution in [1.29, 1.82) is 0 Å². The lowest BCUT2D eigenvalue weighted by atomic mass is 10.0. The predicted octanol–water partition coefficient (Wildman–Crippen LogP) is 4.75. The third-order valence-corrected chi connectivity index (χ3v) is 4.15. The molecular weight excluding hydrogens is 321 g/mol. The first kappa shape index (κ1) is 13.4. The van der Waals surface area contributed by atoms with Crippen molar-refractivity contribution in [3.05, 3.63) is 57.3 Å². The number of ether oxygens (including phenoxy) is 1. The van der Waals surface area contributed by atoms with Gasteiger partial charge in [0.1, 0.15) is 17.7 Å². The average Bonchev–Trinajstić information content (AvgIpc) is 2.38. The van der Waals surface area contributed by atoms with Gasteiger partial charge in [-0.1, -0.05) is 28.1 Å². The van der Waals surface area contributed by atoms with Crippen LogP contribution in [0.1, 0.15) is 22.8 Å². The first-order valence-corrected chi connectivity index (χ1v) is 7.30. The molecule has 1 atom stereocenters. The van der Waals surface area contributed by atoms with Crippen molar-refractivity contribution in [3.8, 4) is 5.75 Å². The Labute approximate surface area is 126 Å². The molecule has 2 aromatic carbocycles. The van der Waals surface area contributed by atoms with Crippen molar-refractivity contribution < 1.29 is 9.13 Å². The quantitative estimate of drug-likeness (QED) is 0.811. The van der Waals surface area contributed by atoms with E-state index in [-0.39, 0.29) is 11.9 Å². The van der Waals surface area contributed by atoms with Gasteiger partial charge in [-0.2, -0.15) is 0 Å². The molecular formula is C16H15BrFNO. The summed E-state index contributed by atoms with van der Waals surface area (Å²) in [5, 5.41) is 3.40. The molecule has 2 nitrogen and oxygen atoms in total. The molecule has 2 aromatic rings. The average molecular weight is 336 g/mol. The molecule has 0 amide bonds. The molecule has 1 N–H and O–H groups in total. The van der Waals surface area contributed by atoms with Crippen LogP contribution in [0.3, 0.4) is 0 Å². The number of hydrogen-bond donors (Lipinski definition) is 1. The minimum atomic E-state index is -0.253. The Bertz CT molecular complexity index is 672. The summed E-state index contributed by atoms with van der Waals surface area (Å²) in [6.07, 6.45) is -0.126. The number of halogens is 2. The Morgan fingerprint density at radius 3 is 2.80 bits per heavy atom. The molecule has 0 fully saturated rings. The second kappa shape index (κ2) is 5.09. The summed E-state index contributed by atoms with van der Waals surface area (Å²) in [7, 11) is 0. The maximum atomic E-state index is 13.2. The third-order valence-electron chi connectivity index (χ3n) is 3.47. The Hall–Kier alpha value is -1.55. The van der Waals surface area contributed by atoms with Crippen LogP contribution >= 0.6 is 15.9 Å². The van der Waals surface area contributed by atoms with Crippen molar-refractivity contribution in [3.63, 3.8) is 0 Å². The van der Waals surface area contributed by atoms with Crippen LogP contribution in [-0.4, -0.2) is 6.54 Å². The van der Waals surface area contributed by atoms with E-state index in [2.05, 4.69) is 40.3 Å². The first-order chi connectivity index (χ1) is 9.54. The molecule has 1 unspecified atom stereocenters. The number of fused-ring (bicyclic) bond motifs is 1. The largest absolute Gasteiger partial charge is 0.481 e. The lowest BCUT2D eigenvalue weighted by Crippen LogP contribution is -2.24. The van der Waals surface area contributed by atoms with E-state index in [0.717, 1.165) is 27.0 Å². The number of rotatable bonds is 1. The topological polar surface area (TPSA) is 21.3 Å². The fourth-order valence-corrected chi connectivity index (χ4v) is 3.17. The van der Waals surface area contributed by atoms with Crippen LogP contribution in [0.25, 0.3) is 0 Å². The van der Waals surface area contributed by atoms with Crippen molar-refractivity contribution in [2.75, 3.05) is 11.9 Å². The van der Waals surface area contributed by atoms with E-state index >= 15 is 0 Å². The zero-order valence-electron chi connectivity index (χ0n) is 11.3. The molecule has 0 aromatic heterocycles. The SMILES string of the molecule is Cc1cc(C)c2c(c1)NCC(c1ccc(F)cc1Br)O2. The van der Waals surface area contributed by atoms with Crippen LogP contribution < -0.4 is 10.1 Å². The number of benzene rings is 2. The summed E-state index contributed by atoms with van der Waals surface area (Å²) >= 11 is 3.40. The van der Waals surface area contributed by atoms with Gasteiger partial charge < -0.3 is 10.1 Å². The highest BCUT2D eigenvalue weighted by atomic mass is 79.9. The van der Waals surface area contributed by atoms with Crippen LogP contribution in [0.2, 0.25) is 0 Å². The minimum absolute atomic E-state index is 0.126. The minimum Gasteiger partial charge on any atom is -0.481 e. The first-order valence-electron chi connectivity index (χ1n) is 6.51. The summed E-state index contributed by atoms with van der Waals surface area (Å²) in [6.45, 7) is 4.77. The molecule has 0 aliphatic carbocycles. The van der Waals surface area contributed by atoms with Crippen molar-refractivity contribution in [1.82, 2.24) is 0 Å². The normalized spacial score (nSPS) is 17.1. The molecule has 104 valence electrons. The van der Waals surface area contributed by atoms with Crippen LogP contribution in [-0.2, 0) is 0 Å². The van der Waals surface area contributed by atoms with E-state index < -0.39 is 0 Å². The van der Waals surface area contributed by atoms with Crippen LogP contribution in [0, 0.1) is 19.7 Å². The second-order valence-corrected chi connectivity index (χ2v) is 5.97. The zero-order chi connectivity index (χ0) is 14.3. The standard InChI is InChI=1S/C16H15BrFNO/c1-9-5-10(2)16-14(6-9)19-8-15(20-16)12-4-3-11(18)7-13(12)17/h3-7,15,19H,8H2,1-2H3. The van der Waals surface area contributed by atoms with E-state index in [1.165, 1.54) is 17.7 Å². The molecule has 3 rings (SSSR count). The second-order valence-electron chi connectivity index (χ2n) is 5.11. The van der Waals surface area contributed by atoms with Gasteiger partial charge in [0.25, 0.3) is 0 Å². The van der Waals surface area contributed by atoms with Gasteiger partial charge in [-0.15, -0.1) is 0 Å². The zero-order valence-corrected chi connectivity index (χ0v) is 12.9. The van der Waals surface area contributed by atoms with Crippen molar-refractivity contribution in [2.24, 2.45) is 0 Å². The Kier molecular flexibility index (Phi) is 3.42. The molecule has 0 bridgehead atoms. The summed E-state index contributed by atoms with van der Waals surface area (Å²) in [5.41, 5.74) is 4.29. The number of nitrogens with one attached hydrogen (secondary N) is 1. The third kappa shape index (κ3) is 2.40. The highest BCUT2D eigenvalue weighted by Crippen LogP contribution is 2.39. The number of anilines is 1. The highest BCUT2D eigenvalue weighted by molar-refractivity contribution is 9.10. The van der Waals surface area contributed by atoms with Gasteiger partial charge in [-0.05, 0) is 43.2 Å². The van der Waals surface area contributed by atoms with Crippen LogP contribution in [0.15, 0.2) is 34.8 Å². The fraction of sp³-hybridized carbons (Fsp3) is 0.250. The Balaban J connectivity index is 1.96. The van der Waals surface area contributed by atoms with E-state index in [9.17, 15) is 4.39 Å². The molecule has 0 radical (unpaired) electrons. The smallest absolute Gasteiger partial charge is 0.146 e. The van der Waals surface area contributed by atoms with Gasteiger partial charge >= 0.3 is 0 Å². The summed E-state index contributed by atoms with van der Waals surface area (Å²) < 4.78 is 20.0. The Morgan fingerprint density at radius 1 is 1.25 bits per heavy atom. The molecule has 20 heavy (non-hydrogen) atoms. The van der Waals surface area contributed by atoms with E-state index in [1.54, 1.807) is 6.07 Å². The summed E-state index contributed by atoms with van der Waals surface area (Å²) in [4.78, 5) is 0. The van der Waals surface area contributed by atoms with Gasteiger partial charge in [0.2, 0.25) is 0 Å². The number of aryl methyl sites for hydroxylation is 2. The predicted molar refractivity (Wildman–Crippen MR) is 81.9 cm³/mol. The lowest BCUT2D eigenvalue weighted by Gasteiger charge is -2.29. The Morgan fingerprint density at radius 2 is 2.05 bits per heavy atom. The van der Waals surface area contributed by atoms with Gasteiger partial charge in [0.15, 0.2) is 0 Å². The number of hydrogen-bond acceptors (Lipinski definition) is 2. The molecule has 1 heterocycles. The maximum absolute atomic E-state index is 13.2. The monoisotopic (exact) mass is 335 g/mol. The molecule has 1 aliphatic rings. The maximum Gasteiger partial charge on any atom is 0.146 e.